The Kier molecular flexibility index (Phi) is 5.92. The normalized spacial score (nSPS) is 22.3. The van der Waals surface area contributed by atoms with Crippen molar-refractivity contribution in [3.05, 3.63) is 23.8 Å². The lowest BCUT2D eigenvalue weighted by Crippen LogP contribution is -2.52. The lowest BCUT2D eigenvalue weighted by molar-refractivity contribution is -0.115. The van der Waals surface area contributed by atoms with E-state index in [4.69, 9.17) is 0 Å². The third-order valence-corrected chi connectivity index (χ3v) is 6.91. The van der Waals surface area contributed by atoms with Crippen LogP contribution in [0.1, 0.15) is 55.8 Å². The summed E-state index contributed by atoms with van der Waals surface area (Å²) in [4.78, 5) is 27.9. The van der Waals surface area contributed by atoms with Gasteiger partial charge in [-0.2, -0.15) is 0 Å². The molecule has 2 aliphatic rings. The highest BCUT2D eigenvalue weighted by Gasteiger charge is 2.33. The Labute approximate surface area is 160 Å². The highest BCUT2D eigenvalue weighted by atomic mass is 32.2. The summed E-state index contributed by atoms with van der Waals surface area (Å²) >= 11 is 1.53. The van der Waals surface area contributed by atoms with Gasteiger partial charge in [0.1, 0.15) is 0 Å². The van der Waals surface area contributed by atoms with Crippen LogP contribution >= 0.6 is 11.8 Å². The maximum atomic E-state index is 12.7. The van der Waals surface area contributed by atoms with Crippen molar-refractivity contribution in [3.8, 4) is 0 Å². The number of rotatable bonds is 4. The van der Waals surface area contributed by atoms with E-state index >= 15 is 0 Å². The van der Waals surface area contributed by atoms with E-state index in [2.05, 4.69) is 29.6 Å². The second-order valence-electron chi connectivity index (χ2n) is 7.68. The highest BCUT2D eigenvalue weighted by molar-refractivity contribution is 8.00. The minimum absolute atomic E-state index is 0.00919. The van der Waals surface area contributed by atoms with Crippen LogP contribution in [0.2, 0.25) is 0 Å². The van der Waals surface area contributed by atoms with Crippen LogP contribution in [-0.4, -0.2) is 48.1 Å². The van der Waals surface area contributed by atoms with E-state index in [0.717, 1.165) is 23.4 Å². The maximum absolute atomic E-state index is 12.7. The lowest BCUT2D eigenvalue weighted by atomic mass is 9.88. The van der Waals surface area contributed by atoms with Crippen LogP contribution in [0, 0.1) is 0 Å². The Hall–Kier alpha value is -1.53. The van der Waals surface area contributed by atoms with E-state index in [1.165, 1.54) is 37.4 Å². The number of nitrogens with one attached hydrogen (secondary N) is 2. The molecule has 1 fully saturated rings. The molecular weight excluding hydrogens is 346 g/mol. The third-order valence-electron chi connectivity index (χ3n) is 5.73. The van der Waals surface area contributed by atoms with Crippen LogP contribution in [0.15, 0.2) is 23.1 Å². The summed E-state index contributed by atoms with van der Waals surface area (Å²) in [6.07, 6.45) is 7.24. The van der Waals surface area contributed by atoms with Crippen molar-refractivity contribution in [1.29, 1.82) is 0 Å². The van der Waals surface area contributed by atoms with E-state index in [0.29, 0.717) is 12.1 Å². The number of benzene rings is 1. The van der Waals surface area contributed by atoms with Gasteiger partial charge < -0.3 is 15.5 Å². The van der Waals surface area contributed by atoms with Gasteiger partial charge in [0.25, 0.3) is 5.91 Å². The van der Waals surface area contributed by atoms with Crippen molar-refractivity contribution in [2.45, 2.75) is 61.1 Å². The molecule has 1 aliphatic carbocycles. The fourth-order valence-electron chi connectivity index (χ4n) is 3.87. The molecule has 142 valence electrons. The van der Waals surface area contributed by atoms with Gasteiger partial charge in [-0.3, -0.25) is 9.59 Å². The summed E-state index contributed by atoms with van der Waals surface area (Å²) < 4.78 is 0. The van der Waals surface area contributed by atoms with Crippen LogP contribution in [0.3, 0.4) is 0 Å². The molecule has 6 heteroatoms. The molecule has 1 aliphatic heterocycles. The maximum Gasteiger partial charge on any atom is 0.251 e. The molecule has 0 radical (unpaired) electrons. The van der Waals surface area contributed by atoms with Crippen molar-refractivity contribution in [1.82, 2.24) is 10.2 Å². The Morgan fingerprint density at radius 2 is 1.96 bits per heavy atom. The Bertz CT molecular complexity index is 682. The van der Waals surface area contributed by atoms with Gasteiger partial charge in [-0.15, -0.1) is 11.8 Å². The number of amides is 2. The third kappa shape index (κ3) is 4.07. The fourth-order valence-corrected chi connectivity index (χ4v) is 4.80. The average Bonchev–Trinajstić information content (AvgIpc) is 2.87. The van der Waals surface area contributed by atoms with Crippen LogP contribution in [0.4, 0.5) is 5.69 Å². The summed E-state index contributed by atoms with van der Waals surface area (Å²) in [5, 5.41) is 5.94. The van der Waals surface area contributed by atoms with Crippen molar-refractivity contribution >= 4 is 29.3 Å². The molecule has 0 aromatic heterocycles. The molecule has 3 rings (SSSR count). The van der Waals surface area contributed by atoms with Gasteiger partial charge in [-0.25, -0.2) is 0 Å². The average molecular weight is 376 g/mol. The monoisotopic (exact) mass is 375 g/mol. The van der Waals surface area contributed by atoms with Gasteiger partial charge in [0.2, 0.25) is 5.91 Å². The summed E-state index contributed by atoms with van der Waals surface area (Å²) in [7, 11) is 4.23. The number of carbonyl (C=O) groups excluding carboxylic acids is 2. The molecule has 26 heavy (non-hydrogen) atoms. The number of hydrogen-bond acceptors (Lipinski definition) is 4. The zero-order valence-corrected chi connectivity index (χ0v) is 16.7. The quantitative estimate of drug-likeness (QED) is 0.791. The number of carbonyl (C=O) groups is 2. The zero-order chi connectivity index (χ0) is 18.7. The molecule has 1 aromatic carbocycles. The molecule has 0 spiro atoms. The molecule has 0 saturated heterocycles. The van der Waals surface area contributed by atoms with Gasteiger partial charge >= 0.3 is 0 Å². The minimum atomic E-state index is -0.0997. The molecule has 5 nitrogen and oxygen atoms in total. The summed E-state index contributed by atoms with van der Waals surface area (Å²) in [5.74, 6) is -0.0822. The van der Waals surface area contributed by atoms with Crippen LogP contribution < -0.4 is 10.6 Å². The summed E-state index contributed by atoms with van der Waals surface area (Å²) in [5.41, 5.74) is 1.38. The van der Waals surface area contributed by atoms with Crippen molar-refractivity contribution in [2.24, 2.45) is 0 Å². The second-order valence-corrected chi connectivity index (χ2v) is 9.06. The molecule has 2 amide bonds. The summed E-state index contributed by atoms with van der Waals surface area (Å²) in [6.45, 7) is 2.55. The number of thioether (sulfide) groups is 1. The summed E-state index contributed by atoms with van der Waals surface area (Å²) in [6, 6.07) is 5.57. The number of hydrogen-bond donors (Lipinski definition) is 2. The Balaban J connectivity index is 1.70. The van der Waals surface area contributed by atoms with Gasteiger partial charge in [0.15, 0.2) is 0 Å². The Morgan fingerprint density at radius 1 is 1.27 bits per heavy atom. The van der Waals surface area contributed by atoms with Crippen LogP contribution in [0.25, 0.3) is 0 Å². The zero-order valence-electron chi connectivity index (χ0n) is 15.9. The van der Waals surface area contributed by atoms with Crippen molar-refractivity contribution in [3.63, 3.8) is 0 Å². The lowest BCUT2D eigenvalue weighted by Gasteiger charge is -2.39. The largest absolute Gasteiger partial charge is 0.350 e. The molecule has 1 unspecified atom stereocenters. The number of nitrogens with zero attached hydrogens (tertiary/aromatic N) is 1. The first-order valence-corrected chi connectivity index (χ1v) is 10.4. The van der Waals surface area contributed by atoms with Gasteiger partial charge in [-0.1, -0.05) is 25.7 Å². The smallest absolute Gasteiger partial charge is 0.251 e. The molecule has 1 aromatic rings. The number of fused-ring (bicyclic) bond motifs is 1. The molecule has 1 saturated carbocycles. The molecule has 1 atom stereocenters. The first-order valence-electron chi connectivity index (χ1n) is 9.48. The second kappa shape index (κ2) is 8.01. The van der Waals surface area contributed by atoms with E-state index < -0.39 is 0 Å². The van der Waals surface area contributed by atoms with E-state index in [1.54, 1.807) is 6.07 Å². The molecule has 0 bridgehead atoms. The number of likely N-dealkylation sites (N-methyl/N-ethyl adjacent to an activating group) is 1. The van der Waals surface area contributed by atoms with Crippen LogP contribution in [-0.2, 0) is 4.79 Å². The van der Waals surface area contributed by atoms with Crippen LogP contribution in [0.5, 0.6) is 0 Å². The standard InChI is InChI=1S/C20H29N3O2S/c1-14-18(24)22-16-12-15(8-9-17(16)26-14)19(25)21-13-20(23(2)3)10-6-4-5-7-11-20/h8-9,12,14H,4-7,10-11,13H2,1-3H3,(H,21,25)(H,22,24). The molecule has 1 heterocycles. The SMILES string of the molecule is CC1Sc2ccc(C(=O)NCC3(N(C)C)CCCCCC3)cc2NC1=O. The molecular formula is C20H29N3O2S. The van der Waals surface area contributed by atoms with Crippen molar-refractivity contribution < 1.29 is 9.59 Å². The topological polar surface area (TPSA) is 61.4 Å². The fraction of sp³-hybridized carbons (Fsp3) is 0.600. The molecule has 2 N–H and O–H groups in total. The predicted molar refractivity (Wildman–Crippen MR) is 107 cm³/mol. The van der Waals surface area contributed by atoms with Crippen molar-refractivity contribution in [2.75, 3.05) is 26.0 Å². The van der Waals surface area contributed by atoms with Gasteiger partial charge in [0, 0.05) is 22.5 Å². The minimum Gasteiger partial charge on any atom is -0.350 e. The van der Waals surface area contributed by atoms with E-state index in [1.807, 2.05) is 19.1 Å². The van der Waals surface area contributed by atoms with E-state index in [-0.39, 0.29) is 22.6 Å². The first-order chi connectivity index (χ1) is 12.4. The number of anilines is 1. The van der Waals surface area contributed by atoms with Gasteiger partial charge in [-0.05, 0) is 52.1 Å². The Morgan fingerprint density at radius 3 is 2.62 bits per heavy atom. The first kappa shape index (κ1) is 19.2. The van der Waals surface area contributed by atoms with E-state index in [9.17, 15) is 9.59 Å². The predicted octanol–water partition coefficient (Wildman–Crippen LogP) is 3.50. The highest BCUT2D eigenvalue weighted by Crippen LogP contribution is 2.36. The van der Waals surface area contributed by atoms with Gasteiger partial charge in [0.05, 0.1) is 10.9 Å².